The second-order valence-corrected chi connectivity index (χ2v) is 7.10. The van der Waals surface area contributed by atoms with Gasteiger partial charge in [-0.2, -0.15) is 0 Å². The van der Waals surface area contributed by atoms with Gasteiger partial charge in [0, 0.05) is 11.8 Å². The molecule has 0 spiro atoms. The van der Waals surface area contributed by atoms with E-state index in [9.17, 15) is 0 Å². The Morgan fingerprint density at radius 3 is 2.13 bits per heavy atom. The van der Waals surface area contributed by atoms with Gasteiger partial charge < -0.3 is 4.48 Å². The SMILES string of the molecule is CCCC[N+]1(C)CCC(C)(C)C(C)(C)C1. The van der Waals surface area contributed by atoms with Crippen molar-refractivity contribution in [2.24, 2.45) is 10.8 Å². The molecule has 0 radical (unpaired) electrons. The highest BCUT2D eigenvalue weighted by Gasteiger charge is 2.47. The Morgan fingerprint density at radius 2 is 1.67 bits per heavy atom. The summed E-state index contributed by atoms with van der Waals surface area (Å²) in [6, 6.07) is 0. The molecular formula is C14H30N+. The molecule has 1 atom stereocenters. The van der Waals surface area contributed by atoms with Crippen LogP contribution < -0.4 is 0 Å². The first kappa shape index (κ1) is 13.0. The Morgan fingerprint density at radius 1 is 1.07 bits per heavy atom. The van der Waals surface area contributed by atoms with Gasteiger partial charge in [0.2, 0.25) is 0 Å². The molecule has 0 aromatic rings. The number of nitrogens with zero attached hydrogens (tertiary/aromatic N) is 1. The molecule has 1 heterocycles. The second-order valence-electron chi connectivity index (χ2n) is 7.10. The van der Waals surface area contributed by atoms with Crippen molar-refractivity contribution in [3.05, 3.63) is 0 Å². The molecule has 15 heavy (non-hydrogen) atoms. The fourth-order valence-corrected chi connectivity index (χ4v) is 2.87. The molecule has 1 aliphatic heterocycles. The van der Waals surface area contributed by atoms with E-state index >= 15 is 0 Å². The maximum Gasteiger partial charge on any atom is 0.0841 e. The molecule has 1 saturated heterocycles. The lowest BCUT2D eigenvalue weighted by atomic mass is 9.63. The Kier molecular flexibility index (Phi) is 3.55. The van der Waals surface area contributed by atoms with Crippen molar-refractivity contribution < 1.29 is 4.48 Å². The Labute approximate surface area is 96.4 Å². The quantitative estimate of drug-likeness (QED) is 0.626. The van der Waals surface area contributed by atoms with Crippen LogP contribution in [0.2, 0.25) is 0 Å². The summed E-state index contributed by atoms with van der Waals surface area (Å²) in [5.74, 6) is 0. The van der Waals surface area contributed by atoms with Crippen molar-refractivity contribution in [3.8, 4) is 0 Å². The predicted octanol–water partition coefficient (Wildman–Crippen LogP) is 3.69. The van der Waals surface area contributed by atoms with Gasteiger partial charge in [0.05, 0.1) is 26.7 Å². The number of unbranched alkanes of at least 4 members (excludes halogenated alkanes) is 1. The molecule has 1 fully saturated rings. The van der Waals surface area contributed by atoms with E-state index in [-0.39, 0.29) is 0 Å². The maximum atomic E-state index is 2.45. The lowest BCUT2D eigenvalue weighted by Gasteiger charge is -2.53. The van der Waals surface area contributed by atoms with Gasteiger partial charge in [0.15, 0.2) is 0 Å². The number of quaternary nitrogens is 1. The fourth-order valence-electron chi connectivity index (χ4n) is 2.87. The fraction of sp³-hybridized carbons (Fsp3) is 1.00. The van der Waals surface area contributed by atoms with Crippen LogP contribution in [0.3, 0.4) is 0 Å². The zero-order valence-corrected chi connectivity index (χ0v) is 11.7. The van der Waals surface area contributed by atoms with E-state index in [1.165, 1.54) is 43.4 Å². The van der Waals surface area contributed by atoms with Crippen LogP contribution >= 0.6 is 0 Å². The van der Waals surface area contributed by atoms with Crippen molar-refractivity contribution in [3.63, 3.8) is 0 Å². The average Bonchev–Trinajstić information content (AvgIpc) is 2.09. The van der Waals surface area contributed by atoms with Crippen molar-refractivity contribution >= 4 is 0 Å². The number of rotatable bonds is 3. The minimum atomic E-state index is 0.480. The smallest absolute Gasteiger partial charge is 0.0841 e. The molecule has 1 aliphatic rings. The molecule has 0 aromatic heterocycles. The standard InChI is InChI=1S/C14H30N/c1-7-8-10-15(6)11-9-13(2,3)14(4,5)12-15/h7-12H2,1-6H3/q+1. The summed E-state index contributed by atoms with van der Waals surface area (Å²) in [5.41, 5.74) is 0.991. The largest absolute Gasteiger partial charge is 0.326 e. The highest BCUT2D eigenvalue weighted by Crippen LogP contribution is 2.46. The molecule has 0 bridgehead atoms. The topological polar surface area (TPSA) is 0 Å². The first-order valence-electron chi connectivity index (χ1n) is 6.56. The van der Waals surface area contributed by atoms with E-state index in [0.29, 0.717) is 10.8 Å². The molecule has 0 aliphatic carbocycles. The lowest BCUT2D eigenvalue weighted by molar-refractivity contribution is -0.924. The van der Waals surface area contributed by atoms with Crippen molar-refractivity contribution in [2.75, 3.05) is 26.7 Å². The Hall–Kier alpha value is -0.0400. The lowest BCUT2D eigenvalue weighted by Crippen LogP contribution is -2.59. The van der Waals surface area contributed by atoms with Crippen LogP contribution in [0, 0.1) is 10.8 Å². The van der Waals surface area contributed by atoms with Crippen molar-refractivity contribution in [1.29, 1.82) is 0 Å². The van der Waals surface area contributed by atoms with E-state index in [2.05, 4.69) is 41.7 Å². The zero-order chi connectivity index (χ0) is 11.7. The van der Waals surface area contributed by atoms with Crippen LogP contribution in [0.25, 0.3) is 0 Å². The molecular weight excluding hydrogens is 182 g/mol. The van der Waals surface area contributed by atoms with Crippen LogP contribution in [0.15, 0.2) is 0 Å². The Bertz CT molecular complexity index is 217. The summed E-state index contributed by atoms with van der Waals surface area (Å²) in [4.78, 5) is 0. The van der Waals surface area contributed by atoms with E-state index in [0.717, 1.165) is 0 Å². The summed E-state index contributed by atoms with van der Waals surface area (Å²) >= 11 is 0. The van der Waals surface area contributed by atoms with E-state index in [1.807, 2.05) is 0 Å². The molecule has 0 amide bonds. The number of hydrogen-bond acceptors (Lipinski definition) is 0. The highest BCUT2D eigenvalue weighted by atomic mass is 15.3. The van der Waals surface area contributed by atoms with Gasteiger partial charge in [-0.15, -0.1) is 0 Å². The van der Waals surface area contributed by atoms with Crippen LogP contribution in [-0.4, -0.2) is 31.2 Å². The minimum absolute atomic E-state index is 0.480. The third kappa shape index (κ3) is 2.75. The van der Waals surface area contributed by atoms with Gasteiger partial charge in [-0.05, 0) is 11.8 Å². The molecule has 1 nitrogen and oxygen atoms in total. The van der Waals surface area contributed by atoms with Gasteiger partial charge >= 0.3 is 0 Å². The third-order valence-corrected chi connectivity index (χ3v) is 4.94. The van der Waals surface area contributed by atoms with E-state index in [1.54, 1.807) is 0 Å². The first-order chi connectivity index (χ1) is 6.72. The molecule has 0 N–H and O–H groups in total. The first-order valence-corrected chi connectivity index (χ1v) is 6.56. The van der Waals surface area contributed by atoms with Crippen LogP contribution in [-0.2, 0) is 0 Å². The number of hydrogen-bond donors (Lipinski definition) is 0. The van der Waals surface area contributed by atoms with Crippen LogP contribution in [0.1, 0.15) is 53.9 Å². The molecule has 0 aromatic carbocycles. The normalized spacial score (nSPS) is 34.0. The average molecular weight is 212 g/mol. The van der Waals surface area contributed by atoms with Crippen molar-refractivity contribution in [1.82, 2.24) is 0 Å². The van der Waals surface area contributed by atoms with Gasteiger partial charge in [0.25, 0.3) is 0 Å². The van der Waals surface area contributed by atoms with Gasteiger partial charge in [-0.1, -0.05) is 41.0 Å². The molecule has 0 saturated carbocycles. The number of piperidine rings is 1. The summed E-state index contributed by atoms with van der Waals surface area (Å²) in [6.45, 7) is 16.2. The maximum absolute atomic E-state index is 2.45. The van der Waals surface area contributed by atoms with Gasteiger partial charge in [-0.3, -0.25) is 0 Å². The molecule has 1 heteroatoms. The minimum Gasteiger partial charge on any atom is -0.326 e. The summed E-state index contributed by atoms with van der Waals surface area (Å²) < 4.78 is 1.30. The Balaban J connectivity index is 2.68. The summed E-state index contributed by atoms with van der Waals surface area (Å²) in [6.07, 6.45) is 4.09. The van der Waals surface area contributed by atoms with E-state index in [4.69, 9.17) is 0 Å². The summed E-state index contributed by atoms with van der Waals surface area (Å²) in [5, 5.41) is 0. The molecule has 1 rings (SSSR count). The zero-order valence-electron chi connectivity index (χ0n) is 11.7. The third-order valence-electron chi connectivity index (χ3n) is 4.94. The summed E-state index contributed by atoms with van der Waals surface area (Å²) in [7, 11) is 2.45. The van der Waals surface area contributed by atoms with Crippen molar-refractivity contribution in [2.45, 2.75) is 53.9 Å². The van der Waals surface area contributed by atoms with Gasteiger partial charge in [0.1, 0.15) is 0 Å². The predicted molar refractivity (Wildman–Crippen MR) is 67.9 cm³/mol. The molecule has 90 valence electrons. The van der Waals surface area contributed by atoms with Gasteiger partial charge in [-0.25, -0.2) is 0 Å². The monoisotopic (exact) mass is 212 g/mol. The van der Waals surface area contributed by atoms with E-state index < -0.39 is 0 Å². The second kappa shape index (κ2) is 4.08. The molecule has 1 unspecified atom stereocenters. The van der Waals surface area contributed by atoms with Crippen LogP contribution in [0.4, 0.5) is 0 Å². The van der Waals surface area contributed by atoms with Crippen LogP contribution in [0.5, 0.6) is 0 Å². The highest BCUT2D eigenvalue weighted by molar-refractivity contribution is 4.88. The number of likely N-dealkylation sites (tertiary alicyclic amines) is 1.